The van der Waals surface area contributed by atoms with Crippen LogP contribution in [0.3, 0.4) is 0 Å². The van der Waals surface area contributed by atoms with Gasteiger partial charge in [-0.15, -0.1) is 0 Å². The van der Waals surface area contributed by atoms with Crippen molar-refractivity contribution >= 4 is 46.2 Å². The molecule has 156 valence electrons. The zero-order chi connectivity index (χ0) is 21.4. The van der Waals surface area contributed by atoms with Gasteiger partial charge in [0.05, 0.1) is 15.7 Å². The Morgan fingerprint density at radius 3 is 2.23 bits per heavy atom. The van der Waals surface area contributed by atoms with E-state index in [-0.39, 0.29) is 17.3 Å². The first-order valence-corrected chi connectivity index (χ1v) is 10.8. The summed E-state index contributed by atoms with van der Waals surface area (Å²) in [7, 11) is 0. The minimum Gasteiger partial charge on any atom is -0.298 e. The molecule has 0 N–H and O–H groups in total. The lowest BCUT2D eigenvalue weighted by Gasteiger charge is -2.41. The molecule has 1 aliphatic carbocycles. The number of hydrogen-bond acceptors (Lipinski definition) is 5. The molecule has 1 saturated heterocycles. The number of Topliss-reactive ketones (excluding diaryl/α,β-unsaturated/α-hetero) is 2. The van der Waals surface area contributed by atoms with E-state index in [1.165, 1.54) is 0 Å². The molecule has 1 aliphatic heterocycles. The van der Waals surface area contributed by atoms with Crippen LogP contribution in [0.2, 0.25) is 10.0 Å². The van der Waals surface area contributed by atoms with Crippen LogP contribution < -0.4 is 0 Å². The minimum absolute atomic E-state index is 0.0815. The molecule has 1 fully saturated rings. The van der Waals surface area contributed by atoms with Crippen LogP contribution in [0.25, 0.3) is 0 Å². The number of piperazine rings is 1. The van der Waals surface area contributed by atoms with Gasteiger partial charge in [0.25, 0.3) is 0 Å². The smallest absolute Gasteiger partial charge is 0.210 e. The Labute approximate surface area is 186 Å². The minimum atomic E-state index is -0.698. The van der Waals surface area contributed by atoms with Crippen LogP contribution in [0, 0.1) is 0 Å². The second-order valence-electron chi connectivity index (χ2n) is 7.90. The fourth-order valence-corrected chi connectivity index (χ4v) is 4.38. The molecule has 2 aromatic carbocycles. The Kier molecular flexibility index (Phi) is 6.07. The van der Waals surface area contributed by atoms with E-state index < -0.39 is 6.04 Å². The standard InChI is InChI=1S/C23H23Cl2N3O2/c1-14(2)27-9-11-28(12-10-27)21-20(26-15-7-8-18(24)19(25)13-15)22(29)16-5-3-4-6-17(16)23(21)30/h3-8,13-14,21H,9-12H2,1-2H3. The molecule has 2 aliphatic rings. The Hall–Kier alpha value is -2.05. The second-order valence-corrected chi connectivity index (χ2v) is 8.72. The van der Waals surface area contributed by atoms with E-state index in [4.69, 9.17) is 23.2 Å². The van der Waals surface area contributed by atoms with Crippen molar-refractivity contribution < 1.29 is 9.59 Å². The highest BCUT2D eigenvalue weighted by Gasteiger charge is 2.42. The fraction of sp³-hybridized carbons (Fsp3) is 0.348. The lowest BCUT2D eigenvalue weighted by atomic mass is 9.83. The highest BCUT2D eigenvalue weighted by atomic mass is 35.5. The molecule has 0 bridgehead atoms. The number of benzene rings is 2. The summed E-state index contributed by atoms with van der Waals surface area (Å²) in [6.07, 6.45) is 0. The maximum atomic E-state index is 13.5. The van der Waals surface area contributed by atoms with Gasteiger partial charge in [-0.3, -0.25) is 19.4 Å². The van der Waals surface area contributed by atoms with E-state index in [2.05, 4.69) is 28.6 Å². The van der Waals surface area contributed by atoms with E-state index in [0.717, 1.165) is 13.1 Å². The average Bonchev–Trinajstić information content (AvgIpc) is 2.75. The number of rotatable bonds is 3. The lowest BCUT2D eigenvalue weighted by Crippen LogP contribution is -2.59. The Bertz CT molecular complexity index is 1030. The predicted molar refractivity (Wildman–Crippen MR) is 121 cm³/mol. The highest BCUT2D eigenvalue weighted by molar-refractivity contribution is 6.55. The molecule has 0 spiro atoms. The molecule has 0 radical (unpaired) electrons. The van der Waals surface area contributed by atoms with Gasteiger partial charge in [-0.1, -0.05) is 47.5 Å². The molecule has 0 aromatic heterocycles. The Morgan fingerprint density at radius 2 is 1.60 bits per heavy atom. The van der Waals surface area contributed by atoms with Crippen LogP contribution in [-0.2, 0) is 0 Å². The average molecular weight is 444 g/mol. The third-order valence-corrected chi connectivity index (χ3v) is 6.51. The van der Waals surface area contributed by atoms with E-state index in [1.54, 1.807) is 42.5 Å². The first kappa shape index (κ1) is 21.2. The van der Waals surface area contributed by atoms with Crippen LogP contribution in [-0.4, -0.2) is 65.3 Å². The van der Waals surface area contributed by atoms with Crippen molar-refractivity contribution in [1.29, 1.82) is 0 Å². The summed E-state index contributed by atoms with van der Waals surface area (Å²) in [6.45, 7) is 7.42. The van der Waals surface area contributed by atoms with Crippen LogP contribution in [0.1, 0.15) is 34.6 Å². The van der Waals surface area contributed by atoms with Gasteiger partial charge in [-0.05, 0) is 32.0 Å². The number of fused-ring (bicyclic) bond motifs is 1. The number of aliphatic imine (C=N–C) groups is 1. The van der Waals surface area contributed by atoms with E-state index >= 15 is 0 Å². The molecular weight excluding hydrogens is 421 g/mol. The molecule has 1 atom stereocenters. The van der Waals surface area contributed by atoms with Crippen molar-refractivity contribution in [3.05, 3.63) is 63.6 Å². The molecular formula is C23H23Cl2N3O2. The largest absolute Gasteiger partial charge is 0.298 e. The Morgan fingerprint density at radius 1 is 0.933 bits per heavy atom. The van der Waals surface area contributed by atoms with Gasteiger partial charge in [-0.25, -0.2) is 4.99 Å². The zero-order valence-electron chi connectivity index (χ0n) is 16.9. The maximum absolute atomic E-state index is 13.5. The van der Waals surface area contributed by atoms with Gasteiger partial charge in [0.1, 0.15) is 11.8 Å². The highest BCUT2D eigenvalue weighted by Crippen LogP contribution is 2.30. The summed E-state index contributed by atoms with van der Waals surface area (Å²) < 4.78 is 0. The predicted octanol–water partition coefficient (Wildman–Crippen LogP) is 4.54. The van der Waals surface area contributed by atoms with Crippen LogP contribution in [0.5, 0.6) is 0 Å². The molecule has 5 nitrogen and oxygen atoms in total. The third kappa shape index (κ3) is 3.95. The summed E-state index contributed by atoms with van der Waals surface area (Å²) in [4.78, 5) is 35.9. The van der Waals surface area contributed by atoms with E-state index in [9.17, 15) is 9.59 Å². The van der Waals surface area contributed by atoms with Crippen molar-refractivity contribution in [3.63, 3.8) is 0 Å². The van der Waals surface area contributed by atoms with Gasteiger partial charge in [0, 0.05) is 43.3 Å². The van der Waals surface area contributed by atoms with Gasteiger partial charge in [0.2, 0.25) is 5.78 Å². The first-order chi connectivity index (χ1) is 14.4. The molecule has 1 heterocycles. The Balaban J connectivity index is 1.76. The molecule has 2 aromatic rings. The summed E-state index contributed by atoms with van der Waals surface area (Å²) in [6, 6.07) is 11.7. The van der Waals surface area contributed by atoms with Gasteiger partial charge in [0.15, 0.2) is 5.78 Å². The van der Waals surface area contributed by atoms with Crippen LogP contribution in [0.15, 0.2) is 47.5 Å². The van der Waals surface area contributed by atoms with Crippen LogP contribution in [0.4, 0.5) is 5.69 Å². The molecule has 7 heteroatoms. The molecule has 30 heavy (non-hydrogen) atoms. The number of halogens is 2. The number of ketones is 2. The fourth-order valence-electron chi connectivity index (χ4n) is 4.09. The van der Waals surface area contributed by atoms with Gasteiger partial charge < -0.3 is 0 Å². The number of nitrogens with zero attached hydrogens (tertiary/aromatic N) is 3. The van der Waals surface area contributed by atoms with Gasteiger partial charge >= 0.3 is 0 Å². The second kappa shape index (κ2) is 8.60. The van der Waals surface area contributed by atoms with E-state index in [0.29, 0.717) is 46.0 Å². The van der Waals surface area contributed by atoms with Crippen molar-refractivity contribution in [1.82, 2.24) is 9.80 Å². The quantitative estimate of drug-likeness (QED) is 0.698. The lowest BCUT2D eigenvalue weighted by molar-refractivity contribution is 0.0697. The van der Waals surface area contributed by atoms with Gasteiger partial charge in [-0.2, -0.15) is 0 Å². The summed E-state index contributed by atoms with van der Waals surface area (Å²) in [5, 5.41) is 0.772. The maximum Gasteiger partial charge on any atom is 0.210 e. The van der Waals surface area contributed by atoms with Crippen molar-refractivity contribution in [2.24, 2.45) is 4.99 Å². The van der Waals surface area contributed by atoms with Crippen LogP contribution >= 0.6 is 23.2 Å². The zero-order valence-corrected chi connectivity index (χ0v) is 18.5. The first-order valence-electron chi connectivity index (χ1n) is 10.1. The number of hydrogen-bond donors (Lipinski definition) is 0. The molecule has 1 unspecified atom stereocenters. The number of carbonyl (C=O) groups excluding carboxylic acids is 2. The van der Waals surface area contributed by atoms with Crippen molar-refractivity contribution in [2.75, 3.05) is 26.2 Å². The monoisotopic (exact) mass is 443 g/mol. The summed E-state index contributed by atoms with van der Waals surface area (Å²) in [5.74, 6) is -0.297. The normalized spacial score (nSPS) is 22.0. The van der Waals surface area contributed by atoms with E-state index in [1.807, 2.05) is 0 Å². The van der Waals surface area contributed by atoms with Crippen molar-refractivity contribution in [2.45, 2.75) is 25.9 Å². The summed E-state index contributed by atoms with van der Waals surface area (Å²) >= 11 is 12.2. The molecule has 0 saturated carbocycles. The van der Waals surface area contributed by atoms with Crippen molar-refractivity contribution in [3.8, 4) is 0 Å². The third-order valence-electron chi connectivity index (χ3n) is 5.77. The molecule has 4 rings (SSSR count). The topological polar surface area (TPSA) is 53.0 Å². The number of carbonyl (C=O) groups is 2. The SMILES string of the molecule is CC(C)N1CCN(C2C(=O)c3ccccc3C(=O)C2=Nc2ccc(Cl)c(Cl)c2)CC1. The summed E-state index contributed by atoms with van der Waals surface area (Å²) in [5.41, 5.74) is 1.62. The molecule has 0 amide bonds.